The largest absolute Gasteiger partial charge is 0.494 e. The molecule has 1 aromatic heterocycles. The number of hydrogen-bond acceptors (Lipinski definition) is 4. The van der Waals surface area contributed by atoms with E-state index in [2.05, 4.69) is 10.3 Å². The molecule has 0 aliphatic rings. The molecule has 0 atom stereocenters. The number of nitrogens with zero attached hydrogens (tertiary/aromatic N) is 1. The fraction of sp³-hybridized carbons (Fsp3) is 0.133. The zero-order valence-corrected chi connectivity index (χ0v) is 12.0. The van der Waals surface area contributed by atoms with Gasteiger partial charge < -0.3 is 10.1 Å². The molecule has 0 aliphatic heterocycles. The van der Waals surface area contributed by atoms with Crippen LogP contribution in [0.2, 0.25) is 0 Å². The lowest BCUT2D eigenvalue weighted by Crippen LogP contribution is -1.93. The van der Waals surface area contributed by atoms with Crippen LogP contribution in [0.3, 0.4) is 0 Å². The van der Waals surface area contributed by atoms with Crippen LogP contribution >= 0.6 is 11.3 Å². The highest BCUT2D eigenvalue weighted by molar-refractivity contribution is 7.22. The van der Waals surface area contributed by atoms with E-state index in [-0.39, 0.29) is 5.69 Å². The highest BCUT2D eigenvalue weighted by Crippen LogP contribution is 2.31. The van der Waals surface area contributed by atoms with Crippen molar-refractivity contribution in [2.45, 2.75) is 6.92 Å². The average molecular weight is 306 g/mol. The van der Waals surface area contributed by atoms with E-state index >= 15 is 0 Å². The Labute approximate surface area is 124 Å². The fourth-order valence-corrected chi connectivity index (χ4v) is 2.83. The summed E-state index contributed by atoms with van der Waals surface area (Å²) in [6, 6.07) is 8.81. The number of anilines is 2. The van der Waals surface area contributed by atoms with Gasteiger partial charge in [0, 0.05) is 6.07 Å². The van der Waals surface area contributed by atoms with Gasteiger partial charge in [0.1, 0.15) is 17.4 Å². The van der Waals surface area contributed by atoms with Gasteiger partial charge >= 0.3 is 0 Å². The molecule has 0 fully saturated rings. The third-order valence-corrected chi connectivity index (χ3v) is 3.77. The maximum atomic E-state index is 13.6. The minimum Gasteiger partial charge on any atom is -0.494 e. The van der Waals surface area contributed by atoms with Gasteiger partial charge in [-0.1, -0.05) is 11.3 Å². The molecule has 3 rings (SSSR count). The number of aromatic nitrogens is 1. The molecule has 21 heavy (non-hydrogen) atoms. The van der Waals surface area contributed by atoms with Crippen LogP contribution in [0.15, 0.2) is 36.4 Å². The van der Waals surface area contributed by atoms with Gasteiger partial charge in [0.15, 0.2) is 5.13 Å². The molecule has 0 bridgehead atoms. The van der Waals surface area contributed by atoms with Crippen LogP contribution in [0.5, 0.6) is 5.75 Å². The van der Waals surface area contributed by atoms with Gasteiger partial charge in [0.05, 0.1) is 22.5 Å². The predicted molar refractivity (Wildman–Crippen MR) is 80.4 cm³/mol. The van der Waals surface area contributed by atoms with Crippen molar-refractivity contribution in [2.75, 3.05) is 11.9 Å². The number of ether oxygens (including phenoxy) is 1. The first-order chi connectivity index (χ1) is 10.2. The summed E-state index contributed by atoms with van der Waals surface area (Å²) >= 11 is 1.36. The second kappa shape index (κ2) is 5.65. The first-order valence-corrected chi connectivity index (χ1v) is 7.23. The number of thiazole rings is 1. The van der Waals surface area contributed by atoms with Crippen LogP contribution < -0.4 is 10.1 Å². The number of benzene rings is 2. The molecule has 0 saturated carbocycles. The summed E-state index contributed by atoms with van der Waals surface area (Å²) in [5, 5.41) is 3.31. The maximum Gasteiger partial charge on any atom is 0.188 e. The monoisotopic (exact) mass is 306 g/mol. The zero-order valence-electron chi connectivity index (χ0n) is 11.2. The lowest BCUT2D eigenvalue weighted by molar-refractivity contribution is 0.341. The molecule has 3 aromatic rings. The molecule has 0 radical (unpaired) electrons. The van der Waals surface area contributed by atoms with Crippen LogP contribution in [0.1, 0.15) is 6.92 Å². The maximum absolute atomic E-state index is 13.6. The van der Waals surface area contributed by atoms with Crippen molar-refractivity contribution < 1.29 is 13.5 Å². The van der Waals surface area contributed by atoms with Crippen molar-refractivity contribution in [3.05, 3.63) is 48.0 Å². The highest BCUT2D eigenvalue weighted by Gasteiger charge is 2.09. The molecule has 108 valence electrons. The Hall–Kier alpha value is -2.21. The Morgan fingerprint density at radius 1 is 1.19 bits per heavy atom. The summed E-state index contributed by atoms with van der Waals surface area (Å²) in [6.45, 7) is 2.50. The smallest absolute Gasteiger partial charge is 0.188 e. The van der Waals surface area contributed by atoms with Crippen molar-refractivity contribution in [3.63, 3.8) is 0 Å². The first-order valence-electron chi connectivity index (χ1n) is 6.41. The third-order valence-electron chi connectivity index (χ3n) is 2.84. The van der Waals surface area contributed by atoms with Gasteiger partial charge in [0.25, 0.3) is 0 Å². The van der Waals surface area contributed by atoms with Crippen molar-refractivity contribution in [2.24, 2.45) is 0 Å². The van der Waals surface area contributed by atoms with Crippen LogP contribution in [0.4, 0.5) is 19.6 Å². The van der Waals surface area contributed by atoms with E-state index in [9.17, 15) is 8.78 Å². The number of fused-ring (bicyclic) bond motifs is 1. The van der Waals surface area contributed by atoms with E-state index in [1.807, 2.05) is 25.1 Å². The molecule has 0 saturated heterocycles. The van der Waals surface area contributed by atoms with Crippen molar-refractivity contribution in [3.8, 4) is 5.75 Å². The Bertz CT molecular complexity index is 788. The second-order valence-electron chi connectivity index (χ2n) is 4.33. The molecule has 3 nitrogen and oxygen atoms in total. The predicted octanol–water partition coefficient (Wildman–Crippen LogP) is 4.72. The summed E-state index contributed by atoms with van der Waals surface area (Å²) in [7, 11) is 0. The van der Waals surface area contributed by atoms with Gasteiger partial charge in [0.2, 0.25) is 0 Å². The molecule has 6 heteroatoms. The summed E-state index contributed by atoms with van der Waals surface area (Å²) in [4.78, 5) is 4.34. The van der Waals surface area contributed by atoms with Gasteiger partial charge in [-0.2, -0.15) is 0 Å². The molecule has 2 aromatic carbocycles. The Morgan fingerprint density at radius 3 is 2.86 bits per heavy atom. The highest BCUT2D eigenvalue weighted by atomic mass is 32.1. The van der Waals surface area contributed by atoms with Crippen LogP contribution in [0.25, 0.3) is 10.2 Å². The minimum atomic E-state index is -0.523. The topological polar surface area (TPSA) is 34.1 Å². The van der Waals surface area contributed by atoms with Crippen molar-refractivity contribution in [1.82, 2.24) is 4.98 Å². The number of rotatable bonds is 4. The SMILES string of the molecule is CCOc1ccc2nc(Nc3cc(F)ccc3F)sc2c1. The van der Waals surface area contributed by atoms with Crippen molar-refractivity contribution in [1.29, 1.82) is 0 Å². The Kier molecular flexibility index (Phi) is 3.70. The Balaban J connectivity index is 1.92. The number of halogens is 2. The average Bonchev–Trinajstić information content (AvgIpc) is 2.85. The first kappa shape index (κ1) is 13.8. The van der Waals surface area contributed by atoms with E-state index in [0.717, 1.165) is 34.2 Å². The third kappa shape index (κ3) is 2.95. The molecule has 0 spiro atoms. The lowest BCUT2D eigenvalue weighted by atomic mass is 10.3. The van der Waals surface area contributed by atoms with Crippen LogP contribution in [-0.2, 0) is 0 Å². The molecule has 0 aliphatic carbocycles. The second-order valence-corrected chi connectivity index (χ2v) is 5.36. The minimum absolute atomic E-state index is 0.0686. The molecule has 0 amide bonds. The van der Waals surface area contributed by atoms with Gasteiger partial charge in [-0.25, -0.2) is 13.8 Å². The number of hydrogen-bond donors (Lipinski definition) is 1. The lowest BCUT2D eigenvalue weighted by Gasteiger charge is -2.03. The fourth-order valence-electron chi connectivity index (χ4n) is 1.92. The molecule has 1 heterocycles. The standard InChI is InChI=1S/C15H12F2N2OS/c1-2-20-10-4-6-12-14(8-10)21-15(18-12)19-13-7-9(16)3-5-11(13)17/h3-8H,2H2,1H3,(H,18,19). The molecular formula is C15H12F2N2OS. The summed E-state index contributed by atoms with van der Waals surface area (Å²) in [5.74, 6) is -0.263. The molecule has 1 N–H and O–H groups in total. The molecule has 0 unspecified atom stereocenters. The quantitative estimate of drug-likeness (QED) is 0.757. The van der Waals surface area contributed by atoms with E-state index in [1.165, 1.54) is 11.3 Å². The Morgan fingerprint density at radius 2 is 2.05 bits per heavy atom. The van der Waals surface area contributed by atoms with Crippen LogP contribution in [0, 0.1) is 11.6 Å². The van der Waals surface area contributed by atoms with Gasteiger partial charge in [-0.15, -0.1) is 0 Å². The number of nitrogens with one attached hydrogen (secondary N) is 1. The van der Waals surface area contributed by atoms with E-state index < -0.39 is 11.6 Å². The van der Waals surface area contributed by atoms with E-state index in [1.54, 1.807) is 0 Å². The normalized spacial score (nSPS) is 10.8. The van der Waals surface area contributed by atoms with Crippen LogP contribution in [-0.4, -0.2) is 11.6 Å². The summed E-state index contributed by atoms with van der Waals surface area (Å²) in [6.07, 6.45) is 0. The zero-order chi connectivity index (χ0) is 14.8. The van der Waals surface area contributed by atoms with Gasteiger partial charge in [-0.05, 0) is 37.3 Å². The van der Waals surface area contributed by atoms with Gasteiger partial charge in [-0.3, -0.25) is 0 Å². The molecular weight excluding hydrogens is 294 g/mol. The van der Waals surface area contributed by atoms with E-state index in [0.29, 0.717) is 11.7 Å². The summed E-state index contributed by atoms with van der Waals surface area (Å²) in [5.41, 5.74) is 0.849. The van der Waals surface area contributed by atoms with E-state index in [4.69, 9.17) is 4.74 Å². The summed E-state index contributed by atoms with van der Waals surface area (Å²) < 4.78 is 33.1. The van der Waals surface area contributed by atoms with Crippen molar-refractivity contribution >= 4 is 32.4 Å².